The van der Waals surface area contributed by atoms with Gasteiger partial charge >= 0.3 is 5.97 Å². The maximum absolute atomic E-state index is 12.4. The number of carbonyl (C=O) groups excluding carboxylic acids is 2. The lowest BCUT2D eigenvalue weighted by Crippen LogP contribution is -2.32. The van der Waals surface area contributed by atoms with Crippen molar-refractivity contribution in [2.45, 2.75) is 41.0 Å². The molecule has 1 rings (SSSR count). The predicted octanol–water partition coefficient (Wildman–Crippen LogP) is 2.76. The third kappa shape index (κ3) is 4.10. The van der Waals surface area contributed by atoms with E-state index in [1.165, 1.54) is 10.5 Å². The van der Waals surface area contributed by atoms with E-state index in [-0.39, 0.29) is 18.9 Å². The first kappa shape index (κ1) is 18.7. The van der Waals surface area contributed by atoms with Crippen LogP contribution in [0.4, 0.5) is 0 Å². The Morgan fingerprint density at radius 1 is 1.00 bits per heavy atom. The number of carbonyl (C=O) groups is 2. The Hall–Kier alpha value is -2.35. The fraction of sp³-hybridized carbons (Fsp3) is 0.500. The van der Waals surface area contributed by atoms with Crippen molar-refractivity contribution in [2.24, 2.45) is 0 Å². The van der Waals surface area contributed by atoms with E-state index in [4.69, 9.17) is 10.00 Å². The molecule has 0 atom stereocenters. The zero-order valence-corrected chi connectivity index (χ0v) is 14.7. The minimum absolute atomic E-state index is 0.255. The van der Waals surface area contributed by atoms with Gasteiger partial charge in [-0.15, -0.1) is 0 Å². The molecule has 1 amide bonds. The Bertz CT molecular complexity index is 643. The molecule has 1 aromatic rings. The molecule has 0 fully saturated rings. The second-order valence-corrected chi connectivity index (χ2v) is 5.80. The molecule has 0 unspecified atom stereocenters. The topological polar surface area (TPSA) is 70.4 Å². The molecule has 0 aromatic heterocycles. The summed E-state index contributed by atoms with van der Waals surface area (Å²) < 4.78 is 5.19. The first-order valence-corrected chi connectivity index (χ1v) is 7.57. The summed E-state index contributed by atoms with van der Waals surface area (Å²) >= 11 is 0. The van der Waals surface area contributed by atoms with Crippen molar-refractivity contribution in [1.29, 1.82) is 5.26 Å². The number of hydrogen-bond acceptors (Lipinski definition) is 4. The van der Waals surface area contributed by atoms with Gasteiger partial charge in [0.2, 0.25) is 0 Å². The van der Waals surface area contributed by atoms with E-state index < -0.39 is 5.97 Å². The Morgan fingerprint density at radius 3 is 1.96 bits per heavy atom. The zero-order valence-electron chi connectivity index (χ0n) is 14.7. The second kappa shape index (κ2) is 7.77. The van der Waals surface area contributed by atoms with E-state index >= 15 is 0 Å². The number of likely N-dealkylation sites (N-methyl/N-ethyl adjacent to an activating group) is 1. The van der Waals surface area contributed by atoms with E-state index in [0.717, 1.165) is 22.3 Å². The predicted molar refractivity (Wildman–Crippen MR) is 88.3 cm³/mol. The maximum atomic E-state index is 12.4. The van der Waals surface area contributed by atoms with Gasteiger partial charge in [0.15, 0.2) is 6.61 Å². The summed E-state index contributed by atoms with van der Waals surface area (Å²) in [6.45, 7) is 9.80. The largest absolute Gasteiger partial charge is 0.452 e. The average molecular weight is 316 g/mol. The molecule has 0 aliphatic rings. The highest BCUT2D eigenvalue weighted by Gasteiger charge is 2.20. The van der Waals surface area contributed by atoms with Crippen LogP contribution in [0, 0.1) is 45.9 Å². The summed E-state index contributed by atoms with van der Waals surface area (Å²) in [5.74, 6) is -0.794. The fourth-order valence-corrected chi connectivity index (χ4v) is 2.46. The van der Waals surface area contributed by atoms with Crippen LogP contribution in [0.2, 0.25) is 0 Å². The van der Waals surface area contributed by atoms with Gasteiger partial charge in [-0.1, -0.05) is 0 Å². The van der Waals surface area contributed by atoms with Crippen LogP contribution in [0.25, 0.3) is 0 Å². The molecule has 0 heterocycles. The first-order valence-electron chi connectivity index (χ1n) is 7.57. The maximum Gasteiger partial charge on any atom is 0.339 e. The summed E-state index contributed by atoms with van der Waals surface area (Å²) in [5.41, 5.74) is 5.62. The number of ether oxygens (including phenoxy) is 1. The lowest BCUT2D eigenvalue weighted by molar-refractivity contribution is -0.133. The highest BCUT2D eigenvalue weighted by molar-refractivity contribution is 5.95. The van der Waals surface area contributed by atoms with Crippen molar-refractivity contribution in [1.82, 2.24) is 4.90 Å². The summed E-state index contributed by atoms with van der Waals surface area (Å²) in [4.78, 5) is 25.7. The SMILES string of the molecule is Cc1c(C)c(C)c(C(=O)OCC(=O)N(C)CCC#N)c(C)c1C. The number of nitriles is 1. The van der Waals surface area contributed by atoms with Gasteiger partial charge in [0.25, 0.3) is 5.91 Å². The Kier molecular flexibility index (Phi) is 6.32. The Labute approximate surface area is 137 Å². The third-order valence-corrected chi connectivity index (χ3v) is 4.52. The molecule has 5 nitrogen and oxygen atoms in total. The molecule has 0 radical (unpaired) electrons. The second-order valence-electron chi connectivity index (χ2n) is 5.80. The van der Waals surface area contributed by atoms with Crippen LogP contribution in [0.5, 0.6) is 0 Å². The van der Waals surface area contributed by atoms with Crippen LogP contribution in [-0.4, -0.2) is 37.0 Å². The number of hydrogen-bond donors (Lipinski definition) is 0. The molecule has 0 bridgehead atoms. The van der Waals surface area contributed by atoms with Gasteiger partial charge < -0.3 is 9.64 Å². The van der Waals surface area contributed by atoms with E-state index in [0.29, 0.717) is 12.1 Å². The molecule has 1 aromatic carbocycles. The average Bonchev–Trinajstić information content (AvgIpc) is 2.53. The fourth-order valence-electron chi connectivity index (χ4n) is 2.46. The van der Waals surface area contributed by atoms with Gasteiger partial charge in [0.05, 0.1) is 18.1 Å². The number of rotatable bonds is 5. The molecule has 23 heavy (non-hydrogen) atoms. The van der Waals surface area contributed by atoms with E-state index in [1.807, 2.05) is 40.7 Å². The van der Waals surface area contributed by atoms with Crippen LogP contribution in [-0.2, 0) is 9.53 Å². The minimum atomic E-state index is -0.478. The quantitative estimate of drug-likeness (QED) is 0.783. The van der Waals surface area contributed by atoms with Gasteiger partial charge in [0, 0.05) is 13.6 Å². The van der Waals surface area contributed by atoms with E-state index in [1.54, 1.807) is 7.05 Å². The lowest BCUT2D eigenvalue weighted by atomic mass is 9.90. The molecule has 124 valence electrons. The molecule has 0 aliphatic heterocycles. The van der Waals surface area contributed by atoms with E-state index in [9.17, 15) is 9.59 Å². The number of amides is 1. The number of esters is 1. The van der Waals surface area contributed by atoms with Crippen molar-refractivity contribution in [3.63, 3.8) is 0 Å². The van der Waals surface area contributed by atoms with Gasteiger partial charge in [-0.2, -0.15) is 5.26 Å². The number of nitrogens with zero attached hydrogens (tertiary/aromatic N) is 2. The van der Waals surface area contributed by atoms with Crippen LogP contribution >= 0.6 is 0 Å². The molecule has 0 saturated heterocycles. The van der Waals surface area contributed by atoms with Crippen LogP contribution in [0.15, 0.2) is 0 Å². The first-order chi connectivity index (χ1) is 10.7. The van der Waals surface area contributed by atoms with Crippen LogP contribution in [0.1, 0.15) is 44.6 Å². The van der Waals surface area contributed by atoms with Gasteiger partial charge in [0.1, 0.15) is 0 Å². The number of benzene rings is 1. The Morgan fingerprint density at radius 2 is 1.48 bits per heavy atom. The van der Waals surface area contributed by atoms with Crippen molar-refractivity contribution >= 4 is 11.9 Å². The van der Waals surface area contributed by atoms with Crippen molar-refractivity contribution < 1.29 is 14.3 Å². The normalized spacial score (nSPS) is 10.1. The Balaban J connectivity index is 2.88. The van der Waals surface area contributed by atoms with Crippen molar-refractivity contribution in [3.05, 3.63) is 33.4 Å². The van der Waals surface area contributed by atoms with Gasteiger partial charge in [-0.3, -0.25) is 4.79 Å². The molecular weight excluding hydrogens is 292 g/mol. The highest BCUT2D eigenvalue weighted by Crippen LogP contribution is 2.26. The standard InChI is InChI=1S/C18H24N2O3/c1-11-12(2)14(4)17(15(5)13(11)3)18(22)23-10-16(21)20(6)9-7-8-19/h7,9-10H2,1-6H3. The van der Waals surface area contributed by atoms with E-state index in [2.05, 4.69) is 0 Å². The third-order valence-electron chi connectivity index (χ3n) is 4.52. The summed E-state index contributed by atoms with van der Waals surface area (Å²) in [5, 5.41) is 8.53. The molecule has 5 heteroatoms. The lowest BCUT2D eigenvalue weighted by Gasteiger charge is -2.19. The molecule has 0 spiro atoms. The summed E-state index contributed by atoms with van der Waals surface area (Å²) in [6.07, 6.45) is 0.255. The summed E-state index contributed by atoms with van der Waals surface area (Å²) in [7, 11) is 1.59. The highest BCUT2D eigenvalue weighted by atomic mass is 16.5. The minimum Gasteiger partial charge on any atom is -0.452 e. The molecular formula is C18H24N2O3. The van der Waals surface area contributed by atoms with Gasteiger partial charge in [-0.05, 0) is 62.4 Å². The van der Waals surface area contributed by atoms with Crippen molar-refractivity contribution in [2.75, 3.05) is 20.2 Å². The van der Waals surface area contributed by atoms with Crippen LogP contribution < -0.4 is 0 Å². The van der Waals surface area contributed by atoms with Crippen LogP contribution in [0.3, 0.4) is 0 Å². The van der Waals surface area contributed by atoms with Gasteiger partial charge in [-0.25, -0.2) is 4.79 Å². The van der Waals surface area contributed by atoms with Crippen molar-refractivity contribution in [3.8, 4) is 6.07 Å². The monoisotopic (exact) mass is 316 g/mol. The zero-order chi connectivity index (χ0) is 17.7. The molecule has 0 N–H and O–H groups in total. The molecule has 0 aliphatic carbocycles. The smallest absolute Gasteiger partial charge is 0.339 e. The summed E-state index contributed by atoms with van der Waals surface area (Å²) in [6, 6.07) is 1.98. The molecule has 0 saturated carbocycles.